The van der Waals surface area contributed by atoms with Crippen LogP contribution in [-0.2, 0) is 6.42 Å². The van der Waals surface area contributed by atoms with Gasteiger partial charge in [0.15, 0.2) is 0 Å². The van der Waals surface area contributed by atoms with E-state index in [-0.39, 0.29) is 0 Å². The smallest absolute Gasteiger partial charge is 0.409 e. The molecule has 0 saturated carbocycles. The summed E-state index contributed by atoms with van der Waals surface area (Å²) < 4.78 is 0. The summed E-state index contributed by atoms with van der Waals surface area (Å²) in [5.74, 6) is 0. The molecule has 2 aromatic carbocycles. The van der Waals surface area contributed by atoms with Crippen LogP contribution in [0.2, 0.25) is 0 Å². The molecule has 1 heterocycles. The van der Waals surface area contributed by atoms with Crippen molar-refractivity contribution in [2.24, 2.45) is 0 Å². The molecule has 0 atom stereocenters. The van der Waals surface area contributed by atoms with Gasteiger partial charge in [0.05, 0.1) is 0 Å². The van der Waals surface area contributed by atoms with E-state index in [4.69, 9.17) is 5.11 Å². The number of amides is 1. The van der Waals surface area contributed by atoms with Crippen molar-refractivity contribution < 1.29 is 9.90 Å². The molecule has 0 aliphatic rings. The van der Waals surface area contributed by atoms with Gasteiger partial charge in [-0.1, -0.05) is 36.4 Å². The quantitative estimate of drug-likeness (QED) is 0.749. The van der Waals surface area contributed by atoms with E-state index < -0.39 is 6.09 Å². The fourth-order valence-electron chi connectivity index (χ4n) is 2.42. The normalized spacial score (nSPS) is 10.3. The number of nitrogens with one attached hydrogen (secondary N) is 1. The summed E-state index contributed by atoms with van der Waals surface area (Å²) in [4.78, 5) is 14.6. The predicted octanol–water partition coefficient (Wildman–Crippen LogP) is 4.43. The number of aromatic nitrogens is 1. The van der Waals surface area contributed by atoms with Crippen molar-refractivity contribution in [1.29, 1.82) is 0 Å². The number of nitrogens with zero attached hydrogens (tertiary/aromatic N) is 1. The van der Waals surface area contributed by atoms with Crippen LogP contribution in [0.4, 0.5) is 10.5 Å². The highest BCUT2D eigenvalue weighted by Gasteiger charge is 2.01. The summed E-state index contributed by atoms with van der Waals surface area (Å²) in [6, 6.07) is 19.7. The maximum atomic E-state index is 10.6. The summed E-state index contributed by atoms with van der Waals surface area (Å²) in [5.41, 5.74) is 5.19. The summed E-state index contributed by atoms with van der Waals surface area (Å²) in [6.07, 6.45) is 3.43. The minimum absolute atomic E-state index is 0.565. The highest BCUT2D eigenvalue weighted by atomic mass is 16.4. The van der Waals surface area contributed by atoms with Crippen molar-refractivity contribution >= 4 is 11.8 Å². The van der Waals surface area contributed by atoms with Crippen molar-refractivity contribution in [3.63, 3.8) is 0 Å². The zero-order valence-electron chi connectivity index (χ0n) is 12.4. The number of anilines is 1. The van der Waals surface area contributed by atoms with Crippen LogP contribution in [0, 0.1) is 0 Å². The van der Waals surface area contributed by atoms with Crippen molar-refractivity contribution in [3.05, 3.63) is 84.2 Å². The molecule has 3 aromatic rings. The van der Waals surface area contributed by atoms with Crippen LogP contribution in [0.5, 0.6) is 0 Å². The Morgan fingerprint density at radius 2 is 1.35 bits per heavy atom. The van der Waals surface area contributed by atoms with Crippen LogP contribution in [-0.4, -0.2) is 16.2 Å². The molecule has 0 bridgehead atoms. The molecule has 0 aliphatic carbocycles. The van der Waals surface area contributed by atoms with Crippen LogP contribution in [0.15, 0.2) is 73.1 Å². The number of carbonyl (C=O) groups is 1. The Morgan fingerprint density at radius 1 is 0.826 bits per heavy atom. The number of benzene rings is 2. The predicted molar refractivity (Wildman–Crippen MR) is 90.6 cm³/mol. The Bertz CT molecular complexity index is 782. The molecule has 0 saturated heterocycles. The molecule has 4 nitrogen and oxygen atoms in total. The van der Waals surface area contributed by atoms with E-state index >= 15 is 0 Å². The fraction of sp³-hybridized carbons (Fsp3) is 0.0526. The Balaban J connectivity index is 1.73. The molecule has 0 radical (unpaired) electrons. The summed E-state index contributed by atoms with van der Waals surface area (Å²) >= 11 is 0. The van der Waals surface area contributed by atoms with Crippen LogP contribution in [0.25, 0.3) is 11.1 Å². The van der Waals surface area contributed by atoms with E-state index in [0.29, 0.717) is 5.69 Å². The lowest BCUT2D eigenvalue weighted by Gasteiger charge is -2.06. The Hall–Kier alpha value is -3.14. The second kappa shape index (κ2) is 6.75. The van der Waals surface area contributed by atoms with Gasteiger partial charge in [-0.3, -0.25) is 10.3 Å². The van der Waals surface area contributed by atoms with E-state index in [2.05, 4.69) is 34.6 Å². The lowest BCUT2D eigenvalue weighted by molar-refractivity contribution is 0.210. The topological polar surface area (TPSA) is 62.2 Å². The van der Waals surface area contributed by atoms with Crippen LogP contribution in [0.3, 0.4) is 0 Å². The Morgan fingerprint density at radius 3 is 1.91 bits per heavy atom. The molecule has 0 spiro atoms. The van der Waals surface area contributed by atoms with Crippen LogP contribution in [0.1, 0.15) is 11.1 Å². The van der Waals surface area contributed by atoms with Crippen LogP contribution < -0.4 is 5.32 Å². The summed E-state index contributed by atoms with van der Waals surface area (Å²) in [7, 11) is 0. The number of rotatable bonds is 4. The van der Waals surface area contributed by atoms with Crippen molar-refractivity contribution in [2.75, 3.05) is 5.32 Å². The highest BCUT2D eigenvalue weighted by Crippen LogP contribution is 2.22. The largest absolute Gasteiger partial charge is 0.465 e. The third-order valence-corrected chi connectivity index (χ3v) is 3.58. The van der Waals surface area contributed by atoms with Gasteiger partial charge in [-0.15, -0.1) is 0 Å². The maximum Gasteiger partial charge on any atom is 0.409 e. The highest BCUT2D eigenvalue weighted by molar-refractivity contribution is 5.83. The van der Waals surface area contributed by atoms with Gasteiger partial charge in [-0.05, 0) is 52.9 Å². The first kappa shape index (κ1) is 14.8. The van der Waals surface area contributed by atoms with E-state index in [9.17, 15) is 4.79 Å². The minimum Gasteiger partial charge on any atom is -0.465 e. The van der Waals surface area contributed by atoms with Crippen molar-refractivity contribution in [3.8, 4) is 11.1 Å². The molecule has 0 aliphatic heterocycles. The molecule has 2 N–H and O–H groups in total. The molecule has 114 valence electrons. The van der Waals surface area contributed by atoms with Crippen molar-refractivity contribution in [2.45, 2.75) is 6.42 Å². The van der Waals surface area contributed by atoms with E-state index in [0.717, 1.165) is 17.5 Å². The SMILES string of the molecule is O=C(O)Nc1ccc(-c2ccc(Cc3ccncc3)cc2)cc1. The fourth-order valence-corrected chi connectivity index (χ4v) is 2.42. The second-order valence-corrected chi connectivity index (χ2v) is 5.24. The molecule has 1 aromatic heterocycles. The van der Waals surface area contributed by atoms with Crippen LogP contribution >= 0.6 is 0 Å². The third-order valence-electron chi connectivity index (χ3n) is 3.58. The minimum atomic E-state index is -1.06. The molecule has 23 heavy (non-hydrogen) atoms. The number of pyridine rings is 1. The third kappa shape index (κ3) is 3.95. The first-order valence-electron chi connectivity index (χ1n) is 7.29. The average molecular weight is 304 g/mol. The van der Waals surface area contributed by atoms with Gasteiger partial charge in [0.25, 0.3) is 0 Å². The summed E-state index contributed by atoms with van der Waals surface area (Å²) in [6.45, 7) is 0. The number of carboxylic acid groups (broad SMARTS) is 1. The molecule has 1 amide bonds. The summed E-state index contributed by atoms with van der Waals surface area (Å²) in [5, 5.41) is 11.0. The average Bonchev–Trinajstić information content (AvgIpc) is 2.57. The maximum absolute atomic E-state index is 10.6. The van der Waals surface area contributed by atoms with Gasteiger partial charge in [0.2, 0.25) is 0 Å². The monoisotopic (exact) mass is 304 g/mol. The molecular formula is C19H16N2O2. The second-order valence-electron chi connectivity index (χ2n) is 5.24. The molecule has 3 rings (SSSR count). The van der Waals surface area contributed by atoms with E-state index in [1.165, 1.54) is 11.1 Å². The molecule has 0 fully saturated rings. The zero-order valence-corrected chi connectivity index (χ0v) is 12.4. The van der Waals surface area contributed by atoms with Gasteiger partial charge in [0.1, 0.15) is 0 Å². The van der Waals surface area contributed by atoms with Gasteiger partial charge in [0, 0.05) is 18.1 Å². The Labute approximate surface area is 134 Å². The van der Waals surface area contributed by atoms with Gasteiger partial charge >= 0.3 is 6.09 Å². The van der Waals surface area contributed by atoms with E-state index in [1.807, 2.05) is 24.3 Å². The van der Waals surface area contributed by atoms with Gasteiger partial charge in [-0.25, -0.2) is 4.79 Å². The first-order chi connectivity index (χ1) is 11.2. The van der Waals surface area contributed by atoms with Crippen molar-refractivity contribution in [1.82, 2.24) is 4.98 Å². The number of hydrogen-bond acceptors (Lipinski definition) is 2. The lowest BCUT2D eigenvalue weighted by atomic mass is 10.0. The molecular weight excluding hydrogens is 288 g/mol. The standard InChI is InChI=1S/C19H16N2O2/c22-19(23)21-18-7-5-17(6-8-18)16-3-1-14(2-4-16)13-15-9-11-20-12-10-15/h1-12,21H,13H2,(H,22,23). The zero-order chi connectivity index (χ0) is 16.1. The Kier molecular flexibility index (Phi) is 4.34. The number of hydrogen-bond donors (Lipinski definition) is 2. The molecule has 0 unspecified atom stereocenters. The van der Waals surface area contributed by atoms with E-state index in [1.54, 1.807) is 24.5 Å². The lowest BCUT2D eigenvalue weighted by Crippen LogP contribution is -2.06. The first-order valence-corrected chi connectivity index (χ1v) is 7.29. The van der Waals surface area contributed by atoms with Gasteiger partial charge in [-0.2, -0.15) is 0 Å². The molecule has 4 heteroatoms. The van der Waals surface area contributed by atoms with Gasteiger partial charge < -0.3 is 5.11 Å².